The molecule has 0 spiro atoms. The van der Waals surface area contributed by atoms with Crippen molar-refractivity contribution >= 4 is 39.1 Å². The second-order valence-electron chi connectivity index (χ2n) is 7.97. The van der Waals surface area contributed by atoms with Gasteiger partial charge in [0, 0.05) is 34.6 Å². The van der Waals surface area contributed by atoms with Gasteiger partial charge in [-0.25, -0.2) is 12.7 Å². The molecule has 1 unspecified atom stereocenters. The van der Waals surface area contributed by atoms with Crippen molar-refractivity contribution in [2.45, 2.75) is 31.6 Å². The molecule has 3 rings (SSSR count). The summed E-state index contributed by atoms with van der Waals surface area (Å²) in [5, 5.41) is 3.67. The van der Waals surface area contributed by atoms with E-state index in [1.165, 1.54) is 4.31 Å². The Kier molecular flexibility index (Phi) is 8.50. The van der Waals surface area contributed by atoms with Crippen LogP contribution in [0.3, 0.4) is 0 Å². The second kappa shape index (κ2) is 11.0. The van der Waals surface area contributed by atoms with Crippen molar-refractivity contribution < 1.29 is 22.7 Å². The predicted octanol–water partition coefficient (Wildman–Crippen LogP) is 4.43. The summed E-state index contributed by atoms with van der Waals surface area (Å²) < 4.78 is 37.8. The van der Waals surface area contributed by atoms with E-state index >= 15 is 0 Å². The first-order valence-corrected chi connectivity index (χ1v) is 13.0. The molecule has 1 heterocycles. The smallest absolute Gasteiger partial charge is 0.223 e. The minimum Gasteiger partial charge on any atom is -0.493 e. The van der Waals surface area contributed by atoms with E-state index in [-0.39, 0.29) is 36.7 Å². The molecule has 33 heavy (non-hydrogen) atoms. The van der Waals surface area contributed by atoms with Gasteiger partial charge in [0.2, 0.25) is 15.9 Å². The summed E-state index contributed by atoms with van der Waals surface area (Å²) in [5.41, 5.74) is 1.28. The minimum absolute atomic E-state index is 0.0940. The van der Waals surface area contributed by atoms with Crippen molar-refractivity contribution in [1.82, 2.24) is 9.62 Å². The van der Waals surface area contributed by atoms with Gasteiger partial charge in [-0.3, -0.25) is 4.79 Å². The highest BCUT2D eigenvalue weighted by Gasteiger charge is 2.32. The van der Waals surface area contributed by atoms with Crippen molar-refractivity contribution in [3.05, 3.63) is 57.6 Å². The Morgan fingerprint density at radius 3 is 2.27 bits per heavy atom. The molecule has 1 N–H and O–H groups in total. The van der Waals surface area contributed by atoms with Crippen LogP contribution in [0, 0.1) is 5.92 Å². The van der Waals surface area contributed by atoms with Crippen LogP contribution in [0.25, 0.3) is 0 Å². The summed E-state index contributed by atoms with van der Waals surface area (Å²) in [6.07, 6.45) is 0.889. The number of hydrogen-bond acceptors (Lipinski definition) is 5. The molecular weight excluding hydrogens is 487 g/mol. The molecular formula is C23H28Cl2N2O5S. The molecule has 10 heteroatoms. The lowest BCUT2D eigenvalue weighted by Crippen LogP contribution is -2.43. The van der Waals surface area contributed by atoms with Crippen LogP contribution in [-0.4, -0.2) is 45.9 Å². The maximum Gasteiger partial charge on any atom is 0.223 e. The van der Waals surface area contributed by atoms with E-state index in [2.05, 4.69) is 5.32 Å². The molecule has 0 aliphatic carbocycles. The molecule has 2 aromatic carbocycles. The van der Waals surface area contributed by atoms with Crippen molar-refractivity contribution in [1.29, 1.82) is 0 Å². The third-order valence-electron chi connectivity index (χ3n) is 5.87. The Morgan fingerprint density at radius 1 is 1.09 bits per heavy atom. The molecule has 0 radical (unpaired) electrons. The van der Waals surface area contributed by atoms with E-state index in [0.29, 0.717) is 39.9 Å². The van der Waals surface area contributed by atoms with E-state index in [4.69, 9.17) is 32.7 Å². The number of piperidine rings is 1. The lowest BCUT2D eigenvalue weighted by Gasteiger charge is -2.31. The summed E-state index contributed by atoms with van der Waals surface area (Å²) in [4.78, 5) is 12.8. The van der Waals surface area contributed by atoms with Gasteiger partial charge >= 0.3 is 0 Å². The number of carbonyl (C=O) groups excluding carboxylic acids is 1. The first-order valence-electron chi connectivity index (χ1n) is 10.6. The van der Waals surface area contributed by atoms with E-state index in [1.54, 1.807) is 38.5 Å². The van der Waals surface area contributed by atoms with Gasteiger partial charge < -0.3 is 14.8 Å². The van der Waals surface area contributed by atoms with Crippen LogP contribution in [0.1, 0.15) is 36.9 Å². The molecule has 1 amide bonds. The van der Waals surface area contributed by atoms with Crippen molar-refractivity contribution in [2.24, 2.45) is 5.92 Å². The molecule has 1 aliphatic rings. The maximum atomic E-state index is 12.9. The van der Waals surface area contributed by atoms with Gasteiger partial charge in [-0.1, -0.05) is 35.3 Å². The molecule has 2 aromatic rings. The fourth-order valence-corrected chi connectivity index (χ4v) is 6.19. The number of ether oxygens (including phenoxy) is 2. The van der Waals surface area contributed by atoms with Crippen LogP contribution in [0.2, 0.25) is 10.0 Å². The van der Waals surface area contributed by atoms with Crippen LogP contribution in [0.5, 0.6) is 11.5 Å². The monoisotopic (exact) mass is 514 g/mol. The number of methoxy groups -OCH3 is 2. The van der Waals surface area contributed by atoms with Crippen molar-refractivity contribution in [2.75, 3.05) is 27.3 Å². The van der Waals surface area contributed by atoms with Crippen LogP contribution in [0.4, 0.5) is 0 Å². The zero-order chi connectivity index (χ0) is 24.2. The number of sulfonamides is 1. The Bertz CT molecular complexity index is 1080. The standard InChI is InChI=1S/C23H28Cl2N2O5S/c1-15(17-7-8-21(31-2)22(13-17)32-3)26-23(28)16-9-11-27(12-10-16)33(29,30)14-18-19(24)5-4-6-20(18)25/h4-8,13,15-16H,9-12,14H2,1-3H3,(H,26,28). The van der Waals surface area contributed by atoms with Crippen LogP contribution in [-0.2, 0) is 20.6 Å². The fraction of sp³-hybridized carbons (Fsp3) is 0.435. The predicted molar refractivity (Wildman–Crippen MR) is 129 cm³/mol. The van der Waals surface area contributed by atoms with Crippen molar-refractivity contribution in [3.63, 3.8) is 0 Å². The summed E-state index contributed by atoms with van der Waals surface area (Å²) >= 11 is 12.3. The van der Waals surface area contributed by atoms with E-state index in [1.807, 2.05) is 19.1 Å². The average Bonchev–Trinajstić information content (AvgIpc) is 2.81. The van der Waals surface area contributed by atoms with Crippen molar-refractivity contribution in [3.8, 4) is 11.5 Å². The molecule has 1 fully saturated rings. The highest BCUT2D eigenvalue weighted by molar-refractivity contribution is 7.88. The third-order valence-corrected chi connectivity index (χ3v) is 8.39. The minimum atomic E-state index is -3.60. The van der Waals surface area contributed by atoms with E-state index in [9.17, 15) is 13.2 Å². The molecule has 1 aliphatic heterocycles. The van der Waals surface area contributed by atoms with Crippen LogP contribution >= 0.6 is 23.2 Å². The number of halogens is 2. The number of amides is 1. The Morgan fingerprint density at radius 2 is 1.70 bits per heavy atom. The first-order chi connectivity index (χ1) is 15.7. The van der Waals surface area contributed by atoms with Gasteiger partial charge in [-0.05, 0) is 49.6 Å². The number of carbonyl (C=O) groups is 1. The Hall–Kier alpha value is -2.00. The van der Waals surface area contributed by atoms with Gasteiger partial charge in [0.25, 0.3) is 0 Å². The lowest BCUT2D eigenvalue weighted by atomic mass is 9.96. The van der Waals surface area contributed by atoms with E-state index < -0.39 is 10.0 Å². The van der Waals surface area contributed by atoms with Gasteiger partial charge in [0.1, 0.15) is 0 Å². The maximum absolute atomic E-state index is 12.9. The summed E-state index contributed by atoms with van der Waals surface area (Å²) in [5.74, 6) is 0.588. The number of benzene rings is 2. The highest BCUT2D eigenvalue weighted by atomic mass is 35.5. The molecule has 1 atom stereocenters. The summed E-state index contributed by atoms with van der Waals surface area (Å²) in [7, 11) is -0.474. The largest absolute Gasteiger partial charge is 0.493 e. The summed E-state index contributed by atoms with van der Waals surface area (Å²) in [6, 6.07) is 10.2. The molecule has 1 saturated heterocycles. The van der Waals surface area contributed by atoms with E-state index in [0.717, 1.165) is 5.56 Å². The molecule has 0 bridgehead atoms. The number of nitrogens with zero attached hydrogens (tertiary/aromatic N) is 1. The fourth-order valence-electron chi connectivity index (χ4n) is 3.88. The highest BCUT2D eigenvalue weighted by Crippen LogP contribution is 2.31. The average molecular weight is 515 g/mol. The van der Waals surface area contributed by atoms with Gasteiger partial charge in [0.05, 0.1) is 26.0 Å². The molecule has 0 aromatic heterocycles. The SMILES string of the molecule is COc1ccc(C(C)NC(=O)C2CCN(S(=O)(=O)Cc3c(Cl)cccc3Cl)CC2)cc1OC. The van der Waals surface area contributed by atoms with Crippen LogP contribution in [0.15, 0.2) is 36.4 Å². The Labute approximate surface area is 205 Å². The first kappa shape index (κ1) is 25.6. The number of rotatable bonds is 8. The zero-order valence-corrected chi connectivity index (χ0v) is 21.1. The lowest BCUT2D eigenvalue weighted by molar-refractivity contribution is -0.126. The third kappa shape index (κ3) is 6.12. The van der Waals surface area contributed by atoms with Gasteiger partial charge in [0.15, 0.2) is 11.5 Å². The van der Waals surface area contributed by atoms with Gasteiger partial charge in [-0.15, -0.1) is 0 Å². The van der Waals surface area contributed by atoms with Gasteiger partial charge in [-0.2, -0.15) is 0 Å². The Balaban J connectivity index is 1.58. The molecule has 7 nitrogen and oxygen atoms in total. The normalized spacial score (nSPS) is 16.3. The zero-order valence-electron chi connectivity index (χ0n) is 18.8. The van der Waals surface area contributed by atoms with Crippen LogP contribution < -0.4 is 14.8 Å². The molecule has 180 valence electrons. The quantitative estimate of drug-likeness (QED) is 0.563. The molecule has 0 saturated carbocycles. The second-order valence-corrected chi connectivity index (χ2v) is 10.8. The summed E-state index contributed by atoms with van der Waals surface area (Å²) in [6.45, 7) is 2.44. The number of nitrogens with one attached hydrogen (secondary N) is 1. The number of hydrogen-bond donors (Lipinski definition) is 1. The topological polar surface area (TPSA) is 84.9 Å².